The summed E-state index contributed by atoms with van der Waals surface area (Å²) < 4.78 is 15.5. The lowest BCUT2D eigenvalue weighted by Crippen LogP contribution is -2.28. The van der Waals surface area contributed by atoms with Gasteiger partial charge in [0, 0.05) is 19.5 Å². The number of benzene rings is 1. The number of ether oxygens (including phenoxy) is 3. The largest absolute Gasteiger partial charge is 0.493 e. The zero-order valence-corrected chi connectivity index (χ0v) is 13.0. The van der Waals surface area contributed by atoms with Crippen molar-refractivity contribution in [1.82, 2.24) is 10.7 Å². The van der Waals surface area contributed by atoms with Crippen LogP contribution in [0.1, 0.15) is 12.5 Å². The summed E-state index contributed by atoms with van der Waals surface area (Å²) in [6.07, 6.45) is 1.53. The quantitative estimate of drug-likeness (QED) is 0.277. The first-order chi connectivity index (χ1) is 10.0. The normalized spacial score (nSPS) is 10.1. The zero-order chi connectivity index (χ0) is 15.8. The molecule has 0 radical (unpaired) electrons. The monoisotopic (exact) mass is 311 g/mol. The van der Waals surface area contributed by atoms with E-state index < -0.39 is 5.97 Å². The minimum Gasteiger partial charge on any atom is -0.493 e. The summed E-state index contributed by atoms with van der Waals surface area (Å²) in [5.41, 5.74) is 3.31. The summed E-state index contributed by atoms with van der Waals surface area (Å²) in [6, 6.07) is 3.32. The third-order valence-corrected chi connectivity index (χ3v) is 2.63. The first-order valence-electron chi connectivity index (χ1n) is 5.97. The molecular weight excluding hydrogens is 294 g/mol. The van der Waals surface area contributed by atoms with Gasteiger partial charge in [-0.2, -0.15) is 5.10 Å². The van der Waals surface area contributed by atoms with E-state index in [1.165, 1.54) is 27.4 Å². The van der Waals surface area contributed by atoms with Gasteiger partial charge >= 0.3 is 5.97 Å². The molecule has 7 nitrogen and oxygen atoms in total. The van der Waals surface area contributed by atoms with Gasteiger partial charge in [0.05, 0.1) is 20.4 Å². The van der Waals surface area contributed by atoms with E-state index in [0.717, 1.165) is 0 Å². The second kappa shape index (κ2) is 8.05. The van der Waals surface area contributed by atoms with Crippen LogP contribution in [-0.4, -0.2) is 38.6 Å². The van der Waals surface area contributed by atoms with E-state index in [2.05, 4.69) is 15.8 Å². The van der Waals surface area contributed by atoms with Crippen molar-refractivity contribution in [3.05, 3.63) is 17.7 Å². The van der Waals surface area contributed by atoms with Crippen molar-refractivity contribution >= 4 is 29.5 Å². The van der Waals surface area contributed by atoms with Crippen LogP contribution in [0.5, 0.6) is 17.2 Å². The Bertz CT molecular complexity index is 535. The van der Waals surface area contributed by atoms with E-state index in [9.17, 15) is 4.79 Å². The summed E-state index contributed by atoms with van der Waals surface area (Å²) in [4.78, 5) is 11.1. The molecule has 8 heteroatoms. The van der Waals surface area contributed by atoms with Gasteiger partial charge in [-0.1, -0.05) is 0 Å². The van der Waals surface area contributed by atoms with Crippen molar-refractivity contribution in [2.75, 3.05) is 21.3 Å². The standard InChI is InChI=1S/C13H17N3O4S/c1-8(17)20-12-10(18-3)5-9(6-11(12)19-4)7-15-16-13(21)14-2/h5-7H,1-4H3,(H2,14,16,21)/b15-7-. The summed E-state index contributed by atoms with van der Waals surface area (Å²) in [7, 11) is 4.62. The Balaban J connectivity index is 3.08. The molecule has 0 bridgehead atoms. The SMILES string of the molecule is CNC(=S)N/N=C\c1cc(OC)c(OC(C)=O)c(OC)c1. The molecule has 0 unspecified atom stereocenters. The van der Waals surface area contributed by atoms with Crippen LogP contribution in [0.25, 0.3) is 0 Å². The number of esters is 1. The van der Waals surface area contributed by atoms with Gasteiger partial charge in [0.2, 0.25) is 5.75 Å². The molecule has 0 aliphatic heterocycles. The summed E-state index contributed by atoms with van der Waals surface area (Å²) in [5.74, 6) is 0.488. The molecule has 0 saturated heterocycles. The minimum atomic E-state index is -0.464. The summed E-state index contributed by atoms with van der Waals surface area (Å²) in [5, 5.41) is 7.07. The van der Waals surface area contributed by atoms with Crippen LogP contribution >= 0.6 is 12.2 Å². The highest BCUT2D eigenvalue weighted by Crippen LogP contribution is 2.38. The number of hydrogen-bond donors (Lipinski definition) is 2. The van der Waals surface area contributed by atoms with Gasteiger partial charge in [-0.3, -0.25) is 10.2 Å². The second-order valence-corrected chi connectivity index (χ2v) is 4.21. The molecule has 0 aliphatic carbocycles. The van der Waals surface area contributed by atoms with Crippen molar-refractivity contribution in [1.29, 1.82) is 0 Å². The maximum absolute atomic E-state index is 11.1. The molecule has 0 amide bonds. The third kappa shape index (κ3) is 4.92. The minimum absolute atomic E-state index is 0.225. The topological polar surface area (TPSA) is 81.2 Å². The van der Waals surface area contributed by atoms with E-state index in [1.807, 2.05) is 0 Å². The maximum Gasteiger partial charge on any atom is 0.308 e. The van der Waals surface area contributed by atoms with Gasteiger partial charge in [0.25, 0.3) is 0 Å². The molecule has 21 heavy (non-hydrogen) atoms. The number of nitrogens with one attached hydrogen (secondary N) is 2. The highest BCUT2D eigenvalue weighted by Gasteiger charge is 2.15. The summed E-state index contributed by atoms with van der Waals surface area (Å²) in [6.45, 7) is 1.30. The fraction of sp³-hybridized carbons (Fsp3) is 0.308. The predicted octanol–water partition coefficient (Wildman–Crippen LogP) is 1.06. The smallest absolute Gasteiger partial charge is 0.308 e. The number of hydrazone groups is 1. The van der Waals surface area contributed by atoms with Gasteiger partial charge in [0.15, 0.2) is 16.6 Å². The van der Waals surface area contributed by atoms with E-state index in [0.29, 0.717) is 22.2 Å². The van der Waals surface area contributed by atoms with Crippen LogP contribution < -0.4 is 25.0 Å². The van der Waals surface area contributed by atoms with Crippen molar-refractivity contribution in [2.45, 2.75) is 6.92 Å². The van der Waals surface area contributed by atoms with Gasteiger partial charge in [-0.15, -0.1) is 0 Å². The van der Waals surface area contributed by atoms with Crippen molar-refractivity contribution in [2.24, 2.45) is 5.10 Å². The lowest BCUT2D eigenvalue weighted by molar-refractivity contribution is -0.132. The molecule has 0 atom stereocenters. The highest BCUT2D eigenvalue weighted by molar-refractivity contribution is 7.80. The van der Waals surface area contributed by atoms with Gasteiger partial charge in [-0.05, 0) is 24.4 Å². The van der Waals surface area contributed by atoms with Gasteiger partial charge in [-0.25, -0.2) is 0 Å². The Hall–Kier alpha value is -2.35. The number of hydrogen-bond acceptors (Lipinski definition) is 6. The molecular formula is C13H17N3O4S. The van der Waals surface area contributed by atoms with E-state index in [-0.39, 0.29) is 5.75 Å². The Kier molecular flexibility index (Phi) is 6.41. The van der Waals surface area contributed by atoms with Gasteiger partial charge in [0.1, 0.15) is 0 Å². The van der Waals surface area contributed by atoms with Crippen molar-refractivity contribution < 1.29 is 19.0 Å². The maximum atomic E-state index is 11.1. The van der Waals surface area contributed by atoms with Crippen molar-refractivity contribution in [3.63, 3.8) is 0 Å². The molecule has 1 aromatic carbocycles. The molecule has 0 fully saturated rings. The van der Waals surface area contributed by atoms with Gasteiger partial charge < -0.3 is 19.5 Å². The second-order valence-electron chi connectivity index (χ2n) is 3.80. The van der Waals surface area contributed by atoms with Crippen LogP contribution in [-0.2, 0) is 4.79 Å². The van der Waals surface area contributed by atoms with E-state index in [4.69, 9.17) is 26.4 Å². The molecule has 114 valence electrons. The Labute approximate surface area is 128 Å². The van der Waals surface area contributed by atoms with Crippen LogP contribution in [0.2, 0.25) is 0 Å². The average molecular weight is 311 g/mol. The number of rotatable bonds is 5. The average Bonchev–Trinajstić information content (AvgIpc) is 2.47. The predicted molar refractivity (Wildman–Crippen MR) is 83.2 cm³/mol. The molecule has 0 aromatic heterocycles. The first-order valence-corrected chi connectivity index (χ1v) is 6.37. The number of thiocarbonyl (C=S) groups is 1. The van der Waals surface area contributed by atoms with Crippen LogP contribution in [0, 0.1) is 0 Å². The molecule has 0 aliphatic rings. The number of carbonyl (C=O) groups is 1. The number of nitrogens with zero attached hydrogens (tertiary/aromatic N) is 1. The Morgan fingerprint density at radius 3 is 2.29 bits per heavy atom. The van der Waals surface area contributed by atoms with Crippen LogP contribution in [0.3, 0.4) is 0 Å². The van der Waals surface area contributed by atoms with Crippen LogP contribution in [0.15, 0.2) is 17.2 Å². The molecule has 0 heterocycles. The molecule has 0 saturated carbocycles. The van der Waals surface area contributed by atoms with E-state index in [1.54, 1.807) is 19.2 Å². The third-order valence-electron chi connectivity index (χ3n) is 2.34. The summed E-state index contributed by atoms with van der Waals surface area (Å²) >= 11 is 4.89. The Morgan fingerprint density at radius 1 is 1.29 bits per heavy atom. The zero-order valence-electron chi connectivity index (χ0n) is 12.2. The Morgan fingerprint density at radius 2 is 1.86 bits per heavy atom. The highest BCUT2D eigenvalue weighted by atomic mass is 32.1. The molecule has 2 N–H and O–H groups in total. The lowest BCUT2D eigenvalue weighted by atomic mass is 10.2. The van der Waals surface area contributed by atoms with E-state index >= 15 is 0 Å². The van der Waals surface area contributed by atoms with Crippen LogP contribution in [0.4, 0.5) is 0 Å². The first kappa shape index (κ1) is 16.7. The fourth-order valence-corrected chi connectivity index (χ4v) is 1.49. The number of carbonyl (C=O) groups excluding carboxylic acids is 1. The lowest BCUT2D eigenvalue weighted by Gasteiger charge is -2.13. The van der Waals surface area contributed by atoms with Crippen molar-refractivity contribution in [3.8, 4) is 17.2 Å². The molecule has 1 aromatic rings. The molecule has 1 rings (SSSR count). The fourth-order valence-electron chi connectivity index (χ4n) is 1.44. The molecule has 0 spiro atoms. The number of methoxy groups -OCH3 is 2.